The Morgan fingerprint density at radius 2 is 1.62 bits per heavy atom. The van der Waals surface area contributed by atoms with Crippen molar-refractivity contribution >= 4 is 33.3 Å². The number of hydrogen-bond donors (Lipinski definition) is 3. The van der Waals surface area contributed by atoms with Crippen LogP contribution in [0.5, 0.6) is 0 Å². The van der Waals surface area contributed by atoms with E-state index in [0.29, 0.717) is 37.6 Å². The highest BCUT2D eigenvalue weighted by atomic mass is 32.2. The predicted octanol–water partition coefficient (Wildman–Crippen LogP) is 2.57. The van der Waals surface area contributed by atoms with Gasteiger partial charge in [-0.15, -0.1) is 0 Å². The third-order valence-corrected chi connectivity index (χ3v) is 7.52. The van der Waals surface area contributed by atoms with Gasteiger partial charge in [0, 0.05) is 50.6 Å². The number of sulfonamides is 1. The quantitative estimate of drug-likeness (QED) is 0.482. The average molecular weight is 573 g/mol. The minimum atomic E-state index is -5.08. The fourth-order valence-electron chi connectivity index (χ4n) is 4.01. The van der Waals surface area contributed by atoms with Gasteiger partial charge in [0.1, 0.15) is 0 Å². The van der Waals surface area contributed by atoms with Crippen molar-refractivity contribution in [3.05, 3.63) is 53.6 Å². The molecule has 10 nitrogen and oxygen atoms in total. The molecule has 0 radical (unpaired) electrons. The molecule has 0 unspecified atom stereocenters. The molecule has 0 spiro atoms. The number of halogens is 3. The minimum Gasteiger partial charge on any atom is -0.475 e. The van der Waals surface area contributed by atoms with Crippen molar-refractivity contribution in [3.8, 4) is 0 Å². The number of piperazine rings is 1. The Bertz CT molecular complexity index is 1240. The molecule has 3 N–H and O–H groups in total. The zero-order valence-corrected chi connectivity index (χ0v) is 22.1. The summed E-state index contributed by atoms with van der Waals surface area (Å²) in [5, 5.41) is 10.4. The van der Waals surface area contributed by atoms with Crippen LogP contribution in [0.1, 0.15) is 22.8 Å². The van der Waals surface area contributed by atoms with E-state index in [2.05, 4.69) is 14.9 Å². The van der Waals surface area contributed by atoms with E-state index in [1.807, 2.05) is 25.1 Å². The van der Waals surface area contributed by atoms with Crippen LogP contribution < -0.4 is 14.9 Å². The fraction of sp³-hybridized carbons (Fsp3) is 0.440. The first kappa shape index (κ1) is 30.2. The molecule has 2 fully saturated rings. The van der Waals surface area contributed by atoms with Crippen molar-refractivity contribution in [3.63, 3.8) is 0 Å². The summed E-state index contributed by atoms with van der Waals surface area (Å²) < 4.78 is 65.6. The normalized spacial score (nSPS) is 16.2. The third-order valence-electron chi connectivity index (χ3n) is 6.12. The summed E-state index contributed by atoms with van der Waals surface area (Å²) in [5.41, 5.74) is 2.79. The number of carboxylic acid groups (broad SMARTS) is 1. The van der Waals surface area contributed by atoms with E-state index >= 15 is 0 Å². The van der Waals surface area contributed by atoms with Crippen molar-refractivity contribution in [2.24, 2.45) is 0 Å². The lowest BCUT2D eigenvalue weighted by molar-refractivity contribution is -0.192. The largest absolute Gasteiger partial charge is 0.490 e. The summed E-state index contributed by atoms with van der Waals surface area (Å²) in [5.74, 6) is -2.86. The Labute approximate surface area is 224 Å². The van der Waals surface area contributed by atoms with E-state index in [9.17, 15) is 26.4 Å². The smallest absolute Gasteiger partial charge is 0.475 e. The lowest BCUT2D eigenvalue weighted by Gasteiger charge is -2.33. The maximum absolute atomic E-state index is 13.4. The maximum atomic E-state index is 13.4. The Hall–Kier alpha value is -3.36. The molecular weight excluding hydrogens is 541 g/mol. The number of nitrogens with one attached hydrogen (secondary N) is 2. The first-order valence-electron chi connectivity index (χ1n) is 12.3. The number of aliphatic carboxylic acids is 1. The third kappa shape index (κ3) is 8.31. The highest BCUT2D eigenvalue weighted by Crippen LogP contribution is 2.28. The van der Waals surface area contributed by atoms with Crippen LogP contribution in [0.3, 0.4) is 0 Å². The van der Waals surface area contributed by atoms with Gasteiger partial charge in [-0.1, -0.05) is 19.1 Å². The van der Waals surface area contributed by atoms with Crippen LogP contribution in [-0.2, 0) is 26.0 Å². The van der Waals surface area contributed by atoms with Crippen molar-refractivity contribution in [2.75, 3.05) is 62.1 Å². The Morgan fingerprint density at radius 3 is 2.15 bits per heavy atom. The summed E-state index contributed by atoms with van der Waals surface area (Å²) in [6.07, 6.45) is -4.24. The van der Waals surface area contributed by atoms with Crippen LogP contribution >= 0.6 is 0 Å². The number of rotatable bonds is 6. The van der Waals surface area contributed by atoms with E-state index in [0.717, 1.165) is 43.9 Å². The van der Waals surface area contributed by atoms with Gasteiger partial charge in [0.15, 0.2) is 0 Å². The second-order valence-corrected chi connectivity index (χ2v) is 10.5. The summed E-state index contributed by atoms with van der Waals surface area (Å²) in [7, 11) is -3.76. The van der Waals surface area contributed by atoms with E-state index in [1.54, 1.807) is 29.2 Å². The number of nitrogens with zero attached hydrogens (tertiary/aromatic N) is 2. The molecule has 39 heavy (non-hydrogen) atoms. The number of anilines is 2. The van der Waals surface area contributed by atoms with Crippen molar-refractivity contribution < 1.29 is 41.0 Å². The number of amides is 1. The molecule has 2 aromatic carbocycles. The van der Waals surface area contributed by atoms with Crippen LogP contribution in [0.15, 0.2) is 47.4 Å². The van der Waals surface area contributed by atoms with Crippen molar-refractivity contribution in [1.29, 1.82) is 0 Å². The van der Waals surface area contributed by atoms with Crippen molar-refractivity contribution in [2.45, 2.75) is 24.4 Å². The van der Waals surface area contributed by atoms with Gasteiger partial charge in [0.2, 0.25) is 0 Å². The number of carboxylic acids is 1. The van der Waals surface area contributed by atoms with E-state index < -0.39 is 22.2 Å². The SMILES string of the molecule is CCc1ccc(S(=O)(=O)Nc2ccc(N3CCNCC3)c(C(=O)N3CCOCC3)c2)cc1.O=C(O)C(F)(F)F. The number of aryl methyl sites for hydroxylation is 1. The van der Waals surface area contributed by atoms with Crippen LogP contribution in [0.4, 0.5) is 24.5 Å². The van der Waals surface area contributed by atoms with Gasteiger partial charge < -0.3 is 25.0 Å². The van der Waals surface area contributed by atoms with E-state index in [4.69, 9.17) is 14.6 Å². The number of ether oxygens (including phenoxy) is 1. The lowest BCUT2D eigenvalue weighted by atomic mass is 10.1. The zero-order chi connectivity index (χ0) is 28.6. The average Bonchev–Trinajstić information content (AvgIpc) is 2.93. The summed E-state index contributed by atoms with van der Waals surface area (Å²) in [6.45, 7) is 7.36. The molecule has 0 atom stereocenters. The van der Waals surface area contributed by atoms with E-state index in [1.165, 1.54) is 0 Å². The number of alkyl halides is 3. The number of hydrogen-bond acceptors (Lipinski definition) is 7. The van der Waals surface area contributed by atoms with Gasteiger partial charge >= 0.3 is 12.1 Å². The van der Waals surface area contributed by atoms with E-state index in [-0.39, 0.29) is 10.8 Å². The molecule has 4 rings (SSSR count). The summed E-state index contributed by atoms with van der Waals surface area (Å²) in [4.78, 5) is 26.4. The van der Waals surface area contributed by atoms with Gasteiger partial charge in [0.25, 0.3) is 15.9 Å². The molecule has 2 aliphatic heterocycles. The first-order chi connectivity index (χ1) is 18.4. The van der Waals surface area contributed by atoms with Gasteiger partial charge in [0.05, 0.1) is 23.7 Å². The van der Waals surface area contributed by atoms with Crippen LogP contribution in [0.25, 0.3) is 0 Å². The zero-order valence-electron chi connectivity index (χ0n) is 21.3. The Morgan fingerprint density at radius 1 is 1.03 bits per heavy atom. The molecule has 0 aromatic heterocycles. The summed E-state index contributed by atoms with van der Waals surface area (Å²) >= 11 is 0. The predicted molar refractivity (Wildman–Crippen MR) is 139 cm³/mol. The fourth-order valence-corrected chi connectivity index (χ4v) is 5.06. The molecular formula is C25H31F3N4O6S. The second-order valence-electron chi connectivity index (χ2n) is 8.78. The monoisotopic (exact) mass is 572 g/mol. The topological polar surface area (TPSA) is 128 Å². The van der Waals surface area contributed by atoms with Crippen LogP contribution in [0, 0.1) is 0 Å². The molecule has 2 aliphatic rings. The number of morpholine rings is 1. The van der Waals surface area contributed by atoms with Crippen LogP contribution in [-0.4, -0.2) is 89.0 Å². The first-order valence-corrected chi connectivity index (χ1v) is 13.8. The molecule has 2 saturated heterocycles. The number of carbonyl (C=O) groups excluding carboxylic acids is 1. The molecule has 0 bridgehead atoms. The second kappa shape index (κ2) is 13.1. The highest BCUT2D eigenvalue weighted by molar-refractivity contribution is 7.92. The van der Waals surface area contributed by atoms with Crippen LogP contribution in [0.2, 0.25) is 0 Å². The molecule has 2 aromatic rings. The van der Waals surface area contributed by atoms with Gasteiger partial charge in [-0.05, 0) is 42.3 Å². The lowest BCUT2D eigenvalue weighted by Crippen LogP contribution is -2.45. The molecule has 0 aliphatic carbocycles. The molecule has 214 valence electrons. The van der Waals surface area contributed by atoms with Gasteiger partial charge in [-0.25, -0.2) is 13.2 Å². The highest BCUT2D eigenvalue weighted by Gasteiger charge is 2.38. The molecule has 0 saturated carbocycles. The number of benzene rings is 2. The maximum Gasteiger partial charge on any atom is 0.490 e. The molecule has 2 heterocycles. The van der Waals surface area contributed by atoms with Crippen molar-refractivity contribution in [1.82, 2.24) is 10.2 Å². The Kier molecular flexibility index (Phi) is 10.2. The molecule has 1 amide bonds. The summed E-state index contributed by atoms with van der Waals surface area (Å²) in [6, 6.07) is 12.1. The molecule has 14 heteroatoms. The van der Waals surface area contributed by atoms with Gasteiger partial charge in [-0.3, -0.25) is 9.52 Å². The van der Waals surface area contributed by atoms with Gasteiger partial charge in [-0.2, -0.15) is 13.2 Å². The minimum absolute atomic E-state index is 0.102. The number of carbonyl (C=O) groups is 2. The standard InChI is InChI=1S/C23H30N4O4S.C2HF3O2/c1-2-18-3-6-20(7-4-18)32(29,30)25-19-5-8-22(26-11-9-24-10-12-26)21(17-19)23(28)27-13-15-31-16-14-27;3-2(4,5)1(6)7/h3-8,17,24-25H,2,9-16H2,1H3;(H,6,7). The Balaban J connectivity index is 0.000000532.